The number of carbonyl (C=O) groups is 2. The summed E-state index contributed by atoms with van der Waals surface area (Å²) in [6.45, 7) is 12.8. The van der Waals surface area contributed by atoms with Crippen molar-refractivity contribution < 1.29 is 14.7 Å². The Morgan fingerprint density at radius 1 is 1.13 bits per heavy atom. The molecule has 1 aliphatic heterocycles. The van der Waals surface area contributed by atoms with Crippen LogP contribution in [0.1, 0.15) is 73.7 Å². The van der Waals surface area contributed by atoms with Crippen LogP contribution in [0.4, 0.5) is 0 Å². The lowest BCUT2D eigenvalue weighted by Gasteiger charge is -2.25. The standard InChI is InChI=1S/C25H31NO3S/c1-7-8-12-26-20(23-16(3)11-13-30-23)19(22(28)24(26)29)21(27)18-14-17(25(4,5)6)10-9-15(18)2/h9-11,13-14,20,27H,7-8,12H2,1-6H3/b21-19+. The molecule has 2 aromatic rings. The Hall–Kier alpha value is -2.40. The van der Waals surface area contributed by atoms with Gasteiger partial charge < -0.3 is 10.0 Å². The summed E-state index contributed by atoms with van der Waals surface area (Å²) in [7, 11) is 0. The van der Waals surface area contributed by atoms with E-state index in [-0.39, 0.29) is 16.7 Å². The number of aliphatic hydroxyl groups excluding tert-OH is 1. The zero-order chi connectivity index (χ0) is 22.2. The van der Waals surface area contributed by atoms with Crippen molar-refractivity contribution in [2.24, 2.45) is 0 Å². The number of aryl methyl sites for hydroxylation is 2. The summed E-state index contributed by atoms with van der Waals surface area (Å²) < 4.78 is 0. The Morgan fingerprint density at radius 3 is 2.40 bits per heavy atom. The van der Waals surface area contributed by atoms with Gasteiger partial charge in [-0.25, -0.2) is 0 Å². The van der Waals surface area contributed by atoms with Gasteiger partial charge in [0.25, 0.3) is 11.7 Å². The highest BCUT2D eigenvalue weighted by atomic mass is 32.1. The first-order chi connectivity index (χ1) is 14.1. The third-order valence-corrected chi connectivity index (χ3v) is 6.87. The molecular weight excluding hydrogens is 394 g/mol. The maximum Gasteiger partial charge on any atom is 0.295 e. The third kappa shape index (κ3) is 3.95. The number of amides is 1. The molecule has 1 aromatic carbocycles. The first-order valence-electron chi connectivity index (χ1n) is 10.5. The molecule has 30 heavy (non-hydrogen) atoms. The van der Waals surface area contributed by atoms with Crippen molar-refractivity contribution in [3.8, 4) is 0 Å². The normalized spacial score (nSPS) is 19.0. The van der Waals surface area contributed by atoms with Gasteiger partial charge in [-0.3, -0.25) is 9.59 Å². The van der Waals surface area contributed by atoms with E-state index in [1.165, 1.54) is 11.3 Å². The number of ketones is 1. The number of nitrogens with zero attached hydrogens (tertiary/aromatic N) is 1. The Kier molecular flexibility index (Phi) is 6.23. The van der Waals surface area contributed by atoms with Gasteiger partial charge in [0.2, 0.25) is 0 Å². The van der Waals surface area contributed by atoms with Crippen LogP contribution >= 0.6 is 11.3 Å². The van der Waals surface area contributed by atoms with Crippen LogP contribution in [0.5, 0.6) is 0 Å². The van der Waals surface area contributed by atoms with Crippen molar-refractivity contribution in [2.75, 3.05) is 6.54 Å². The number of benzene rings is 1. The summed E-state index contributed by atoms with van der Waals surface area (Å²) in [5, 5.41) is 13.3. The number of hydrogen-bond donors (Lipinski definition) is 1. The Bertz CT molecular complexity index is 1010. The van der Waals surface area contributed by atoms with Gasteiger partial charge in [0.1, 0.15) is 5.76 Å². The van der Waals surface area contributed by atoms with E-state index in [0.29, 0.717) is 12.1 Å². The predicted octanol–water partition coefficient (Wildman–Crippen LogP) is 5.88. The second kappa shape index (κ2) is 8.38. The Labute approximate surface area is 183 Å². The Morgan fingerprint density at radius 2 is 1.83 bits per heavy atom. The van der Waals surface area contributed by atoms with Crippen LogP contribution in [0.25, 0.3) is 5.76 Å². The maximum absolute atomic E-state index is 13.1. The molecule has 0 spiro atoms. The highest BCUT2D eigenvalue weighted by Gasteiger charge is 2.46. The van der Waals surface area contributed by atoms with Crippen LogP contribution in [-0.2, 0) is 15.0 Å². The molecule has 2 heterocycles. The van der Waals surface area contributed by atoms with Gasteiger partial charge >= 0.3 is 0 Å². The van der Waals surface area contributed by atoms with Gasteiger partial charge in [0.05, 0.1) is 11.6 Å². The van der Waals surface area contributed by atoms with E-state index in [2.05, 4.69) is 27.7 Å². The molecule has 0 radical (unpaired) electrons. The summed E-state index contributed by atoms with van der Waals surface area (Å²) in [6, 6.07) is 7.42. The lowest BCUT2D eigenvalue weighted by atomic mass is 9.84. The second-order valence-electron chi connectivity index (χ2n) is 9.09. The van der Waals surface area contributed by atoms with Gasteiger partial charge in [-0.2, -0.15) is 0 Å². The van der Waals surface area contributed by atoms with Crippen LogP contribution < -0.4 is 0 Å². The quantitative estimate of drug-likeness (QED) is 0.369. The van der Waals surface area contributed by atoms with E-state index in [4.69, 9.17) is 0 Å². The molecule has 160 valence electrons. The van der Waals surface area contributed by atoms with Crippen LogP contribution in [0.3, 0.4) is 0 Å². The molecule has 3 rings (SSSR count). The monoisotopic (exact) mass is 425 g/mol. The van der Waals surface area contributed by atoms with Gasteiger partial charge in [0, 0.05) is 17.0 Å². The maximum atomic E-state index is 13.1. The molecule has 1 atom stereocenters. The number of likely N-dealkylation sites (tertiary alicyclic amines) is 1. The van der Waals surface area contributed by atoms with Gasteiger partial charge in [0.15, 0.2) is 0 Å². The first kappa shape index (κ1) is 22.3. The fraction of sp³-hybridized carbons (Fsp3) is 0.440. The molecule has 1 amide bonds. The van der Waals surface area contributed by atoms with Crippen LogP contribution in [0.2, 0.25) is 0 Å². The third-order valence-electron chi connectivity index (χ3n) is 5.80. The lowest BCUT2D eigenvalue weighted by molar-refractivity contribution is -0.139. The average molecular weight is 426 g/mol. The number of carbonyl (C=O) groups excluding carboxylic acids is 2. The van der Waals surface area contributed by atoms with Crippen LogP contribution in [-0.4, -0.2) is 28.2 Å². The lowest BCUT2D eigenvalue weighted by Crippen LogP contribution is -2.30. The molecule has 0 saturated carbocycles. The highest BCUT2D eigenvalue weighted by Crippen LogP contribution is 2.43. The Balaban J connectivity index is 2.23. The number of Topliss-reactive ketones (excluding diaryl/α,β-unsaturated/α-hetero) is 1. The molecule has 1 saturated heterocycles. The van der Waals surface area contributed by atoms with E-state index in [0.717, 1.165) is 34.4 Å². The van der Waals surface area contributed by atoms with Crippen molar-refractivity contribution in [2.45, 2.75) is 65.8 Å². The largest absolute Gasteiger partial charge is 0.507 e. The minimum atomic E-state index is -0.595. The van der Waals surface area contributed by atoms with Crippen LogP contribution in [0.15, 0.2) is 35.2 Å². The number of hydrogen-bond acceptors (Lipinski definition) is 4. The van der Waals surface area contributed by atoms with Crippen molar-refractivity contribution in [3.05, 3.63) is 62.3 Å². The summed E-state index contributed by atoms with van der Waals surface area (Å²) in [5.74, 6) is -1.19. The highest BCUT2D eigenvalue weighted by molar-refractivity contribution is 7.10. The van der Waals surface area contributed by atoms with Crippen molar-refractivity contribution >= 4 is 28.8 Å². The fourth-order valence-corrected chi connectivity index (χ4v) is 4.91. The minimum absolute atomic E-state index is 0.0752. The smallest absolute Gasteiger partial charge is 0.295 e. The summed E-state index contributed by atoms with van der Waals surface area (Å²) in [5.41, 5.74) is 3.70. The van der Waals surface area contributed by atoms with E-state index >= 15 is 0 Å². The van der Waals surface area contributed by atoms with E-state index in [1.54, 1.807) is 4.90 Å². The molecule has 5 heteroatoms. The predicted molar refractivity (Wildman–Crippen MR) is 123 cm³/mol. The molecule has 1 N–H and O–H groups in total. The number of thiophene rings is 1. The zero-order valence-corrected chi connectivity index (χ0v) is 19.5. The zero-order valence-electron chi connectivity index (χ0n) is 18.7. The first-order valence-corrected chi connectivity index (χ1v) is 11.4. The topological polar surface area (TPSA) is 57.6 Å². The number of unbranched alkanes of at least 4 members (excludes halogenated alkanes) is 1. The fourth-order valence-electron chi connectivity index (χ4n) is 3.86. The molecule has 1 fully saturated rings. The van der Waals surface area contributed by atoms with E-state index in [9.17, 15) is 14.7 Å². The summed E-state index contributed by atoms with van der Waals surface area (Å²) >= 11 is 1.52. The second-order valence-corrected chi connectivity index (χ2v) is 10.0. The molecule has 1 unspecified atom stereocenters. The minimum Gasteiger partial charge on any atom is -0.507 e. The van der Waals surface area contributed by atoms with E-state index < -0.39 is 17.7 Å². The average Bonchev–Trinajstić information content (AvgIpc) is 3.20. The molecule has 0 aliphatic carbocycles. The molecule has 4 nitrogen and oxygen atoms in total. The number of rotatable bonds is 5. The molecular formula is C25H31NO3S. The van der Waals surface area contributed by atoms with Gasteiger partial charge in [-0.05, 0) is 59.9 Å². The SMILES string of the molecule is CCCCN1C(=O)C(=O)/C(=C(/O)c2cc(C(C)(C)C)ccc2C)C1c1sccc1C. The summed E-state index contributed by atoms with van der Waals surface area (Å²) in [6.07, 6.45) is 1.73. The van der Waals surface area contributed by atoms with Crippen molar-refractivity contribution in [3.63, 3.8) is 0 Å². The van der Waals surface area contributed by atoms with Gasteiger partial charge in [-0.15, -0.1) is 11.3 Å². The molecule has 1 aliphatic rings. The van der Waals surface area contributed by atoms with Gasteiger partial charge in [-0.1, -0.05) is 46.2 Å². The van der Waals surface area contributed by atoms with E-state index in [1.807, 2.05) is 43.5 Å². The molecule has 1 aromatic heterocycles. The van der Waals surface area contributed by atoms with Crippen molar-refractivity contribution in [1.29, 1.82) is 0 Å². The number of aliphatic hydroxyl groups is 1. The summed E-state index contributed by atoms with van der Waals surface area (Å²) in [4.78, 5) is 28.6. The molecule has 0 bridgehead atoms. The van der Waals surface area contributed by atoms with Crippen LogP contribution in [0, 0.1) is 13.8 Å². The van der Waals surface area contributed by atoms with Crippen molar-refractivity contribution in [1.82, 2.24) is 4.90 Å².